The Morgan fingerprint density at radius 1 is 1.64 bits per heavy atom. The summed E-state index contributed by atoms with van der Waals surface area (Å²) in [5.41, 5.74) is -0.267. The van der Waals surface area contributed by atoms with Crippen LogP contribution in [0, 0.1) is 0 Å². The quantitative estimate of drug-likeness (QED) is 0.857. The normalized spacial score (nSPS) is 10.6. The molecule has 6 heteroatoms. The number of nitrogens with zero attached hydrogens (tertiary/aromatic N) is 1. The van der Waals surface area contributed by atoms with E-state index in [0.717, 1.165) is 6.20 Å². The largest absolute Gasteiger partial charge is 0.506 e. The van der Waals surface area contributed by atoms with Gasteiger partial charge in [0.05, 0.1) is 18.9 Å². The first-order chi connectivity index (χ1) is 6.61. The van der Waals surface area contributed by atoms with E-state index in [1.54, 1.807) is 0 Å². The van der Waals surface area contributed by atoms with Crippen molar-refractivity contribution in [2.75, 3.05) is 7.11 Å². The predicted octanol–water partition coefficient (Wildman–Crippen LogP) is 2.63. The van der Waals surface area contributed by atoms with Crippen molar-refractivity contribution in [3.05, 3.63) is 17.3 Å². The molecule has 1 heterocycles. The summed E-state index contributed by atoms with van der Waals surface area (Å²) in [5.74, 6) is -0.426. The maximum absolute atomic E-state index is 12.6. The van der Waals surface area contributed by atoms with Crippen LogP contribution < -0.4 is 4.74 Å². The number of pyridine rings is 1. The number of aromatic hydroxyl groups is 1. The minimum atomic E-state index is -2.72. The molecule has 0 fully saturated rings. The molecule has 14 heavy (non-hydrogen) atoms. The zero-order valence-electron chi connectivity index (χ0n) is 7.30. The standard InChI is InChI=1S/C8H8BrF2NO2/c1-14-8-6(7(10)11)4(2-9)5(13)3-12-8/h3,7,13H,2H2,1H3. The van der Waals surface area contributed by atoms with Gasteiger partial charge in [-0.15, -0.1) is 0 Å². The Morgan fingerprint density at radius 3 is 2.71 bits per heavy atom. The van der Waals surface area contributed by atoms with Gasteiger partial charge in [-0.05, 0) is 0 Å². The Bertz CT molecular complexity index is 333. The first-order valence-electron chi connectivity index (χ1n) is 3.70. The van der Waals surface area contributed by atoms with Gasteiger partial charge in [-0.3, -0.25) is 0 Å². The topological polar surface area (TPSA) is 42.4 Å². The fraction of sp³-hybridized carbons (Fsp3) is 0.375. The van der Waals surface area contributed by atoms with Crippen LogP contribution in [0.25, 0.3) is 0 Å². The second-order valence-electron chi connectivity index (χ2n) is 2.48. The molecular weight excluding hydrogens is 260 g/mol. The van der Waals surface area contributed by atoms with Crippen LogP contribution in [-0.4, -0.2) is 17.2 Å². The van der Waals surface area contributed by atoms with Gasteiger partial charge in [0, 0.05) is 10.9 Å². The van der Waals surface area contributed by atoms with Crippen molar-refractivity contribution >= 4 is 15.9 Å². The number of halogens is 3. The molecule has 0 saturated carbocycles. The van der Waals surface area contributed by atoms with Crippen LogP contribution in [0.5, 0.6) is 11.6 Å². The fourth-order valence-electron chi connectivity index (χ4n) is 1.06. The van der Waals surface area contributed by atoms with E-state index in [1.165, 1.54) is 7.11 Å². The number of hydrogen-bond donors (Lipinski definition) is 1. The van der Waals surface area contributed by atoms with Crippen molar-refractivity contribution in [2.24, 2.45) is 0 Å². The highest BCUT2D eigenvalue weighted by Crippen LogP contribution is 2.36. The third kappa shape index (κ3) is 1.95. The molecule has 0 saturated heterocycles. The number of ether oxygens (including phenoxy) is 1. The van der Waals surface area contributed by atoms with E-state index in [9.17, 15) is 13.9 Å². The summed E-state index contributed by atoms with van der Waals surface area (Å²) in [7, 11) is 1.25. The van der Waals surface area contributed by atoms with E-state index in [2.05, 4.69) is 25.7 Å². The third-order valence-corrected chi connectivity index (χ3v) is 2.27. The molecule has 1 aromatic rings. The highest BCUT2D eigenvalue weighted by Gasteiger charge is 2.22. The molecule has 0 atom stereocenters. The molecule has 0 aliphatic rings. The Hall–Kier alpha value is -0.910. The summed E-state index contributed by atoms with van der Waals surface area (Å²) < 4.78 is 29.9. The molecule has 0 aromatic carbocycles. The molecule has 78 valence electrons. The van der Waals surface area contributed by atoms with Crippen molar-refractivity contribution in [1.82, 2.24) is 4.98 Å². The monoisotopic (exact) mass is 267 g/mol. The zero-order valence-corrected chi connectivity index (χ0v) is 8.88. The summed E-state index contributed by atoms with van der Waals surface area (Å²) in [6.45, 7) is 0. The van der Waals surface area contributed by atoms with Crippen LogP contribution in [0.2, 0.25) is 0 Å². The van der Waals surface area contributed by atoms with Gasteiger partial charge in [-0.25, -0.2) is 13.8 Å². The molecule has 3 nitrogen and oxygen atoms in total. The van der Waals surface area contributed by atoms with E-state index in [-0.39, 0.29) is 28.1 Å². The summed E-state index contributed by atoms with van der Waals surface area (Å²) >= 11 is 3.01. The van der Waals surface area contributed by atoms with Gasteiger partial charge in [0.2, 0.25) is 5.88 Å². The molecule has 1 rings (SSSR count). The van der Waals surface area contributed by atoms with Crippen molar-refractivity contribution in [1.29, 1.82) is 0 Å². The molecule has 0 bridgehead atoms. The highest BCUT2D eigenvalue weighted by molar-refractivity contribution is 9.08. The van der Waals surface area contributed by atoms with Crippen molar-refractivity contribution in [2.45, 2.75) is 11.8 Å². The van der Waals surface area contributed by atoms with Gasteiger partial charge in [0.1, 0.15) is 5.75 Å². The van der Waals surface area contributed by atoms with Crippen LogP contribution in [-0.2, 0) is 5.33 Å². The number of aromatic nitrogens is 1. The van der Waals surface area contributed by atoms with Gasteiger partial charge < -0.3 is 9.84 Å². The van der Waals surface area contributed by atoms with Crippen LogP contribution in [0.3, 0.4) is 0 Å². The predicted molar refractivity (Wildman–Crippen MR) is 50.0 cm³/mol. The van der Waals surface area contributed by atoms with Crippen molar-refractivity contribution < 1.29 is 18.6 Å². The molecule has 0 amide bonds. The maximum atomic E-state index is 12.6. The molecule has 0 unspecified atom stereocenters. The summed E-state index contributed by atoms with van der Waals surface area (Å²) in [5, 5.41) is 9.40. The lowest BCUT2D eigenvalue weighted by Crippen LogP contribution is -2.00. The fourth-order valence-corrected chi connectivity index (χ4v) is 1.65. The average molecular weight is 268 g/mol. The molecule has 1 aromatic heterocycles. The van der Waals surface area contributed by atoms with Gasteiger partial charge in [0.25, 0.3) is 6.43 Å². The van der Waals surface area contributed by atoms with Gasteiger partial charge in [0.15, 0.2) is 0 Å². The highest BCUT2D eigenvalue weighted by atomic mass is 79.9. The molecule has 0 aliphatic carbocycles. The Kier molecular flexibility index (Phi) is 3.62. The number of alkyl halides is 3. The molecular formula is C8H8BrF2NO2. The van der Waals surface area contributed by atoms with Crippen LogP contribution in [0.1, 0.15) is 17.6 Å². The van der Waals surface area contributed by atoms with E-state index >= 15 is 0 Å². The maximum Gasteiger partial charge on any atom is 0.269 e. The molecule has 0 aliphatic heterocycles. The first kappa shape index (κ1) is 11.2. The Labute approximate surface area is 87.9 Å². The first-order valence-corrected chi connectivity index (χ1v) is 4.82. The second kappa shape index (κ2) is 4.54. The lowest BCUT2D eigenvalue weighted by molar-refractivity contribution is 0.144. The van der Waals surface area contributed by atoms with Crippen molar-refractivity contribution in [3.63, 3.8) is 0 Å². The van der Waals surface area contributed by atoms with Crippen LogP contribution in [0.15, 0.2) is 6.20 Å². The smallest absolute Gasteiger partial charge is 0.269 e. The second-order valence-corrected chi connectivity index (χ2v) is 3.04. The number of methoxy groups -OCH3 is 1. The van der Waals surface area contributed by atoms with Crippen LogP contribution in [0.4, 0.5) is 8.78 Å². The van der Waals surface area contributed by atoms with Crippen LogP contribution >= 0.6 is 15.9 Å². The van der Waals surface area contributed by atoms with E-state index < -0.39 is 6.43 Å². The van der Waals surface area contributed by atoms with E-state index in [0.29, 0.717) is 0 Å². The molecule has 0 radical (unpaired) electrons. The summed E-state index contributed by atoms with van der Waals surface area (Å²) in [6, 6.07) is 0. The third-order valence-electron chi connectivity index (χ3n) is 1.71. The van der Waals surface area contributed by atoms with Crippen molar-refractivity contribution in [3.8, 4) is 11.6 Å². The van der Waals surface area contributed by atoms with Gasteiger partial charge in [-0.2, -0.15) is 0 Å². The lowest BCUT2D eigenvalue weighted by atomic mass is 10.1. The summed E-state index contributed by atoms with van der Waals surface area (Å²) in [6.07, 6.45) is -1.64. The minimum absolute atomic E-state index is 0.104. The lowest BCUT2D eigenvalue weighted by Gasteiger charge is -2.11. The SMILES string of the molecule is COc1ncc(O)c(CBr)c1C(F)F. The number of hydrogen-bond acceptors (Lipinski definition) is 3. The van der Waals surface area contributed by atoms with E-state index in [1.807, 2.05) is 0 Å². The minimum Gasteiger partial charge on any atom is -0.506 e. The average Bonchev–Trinajstić information content (AvgIpc) is 2.17. The number of rotatable bonds is 3. The molecule has 0 spiro atoms. The Balaban J connectivity index is 3.36. The van der Waals surface area contributed by atoms with Gasteiger partial charge in [-0.1, -0.05) is 15.9 Å². The molecule has 1 N–H and O–H groups in total. The zero-order chi connectivity index (χ0) is 10.7. The van der Waals surface area contributed by atoms with Gasteiger partial charge >= 0.3 is 0 Å². The Morgan fingerprint density at radius 2 is 2.29 bits per heavy atom. The van der Waals surface area contributed by atoms with E-state index in [4.69, 9.17) is 0 Å². The summed E-state index contributed by atoms with van der Waals surface area (Å²) in [4.78, 5) is 3.55.